The summed E-state index contributed by atoms with van der Waals surface area (Å²) in [4.78, 5) is 18.8. The largest absolute Gasteiger partial charge is 0.477 e. The molecule has 1 heterocycles. The lowest BCUT2D eigenvalue weighted by Crippen LogP contribution is -1.98. The Hall–Kier alpha value is -1.69. The summed E-state index contributed by atoms with van der Waals surface area (Å²) in [5.41, 5.74) is 1.10. The molecule has 0 spiro atoms. The van der Waals surface area contributed by atoms with Gasteiger partial charge in [0.1, 0.15) is 17.2 Å². The van der Waals surface area contributed by atoms with Crippen molar-refractivity contribution >= 4 is 46.8 Å². The summed E-state index contributed by atoms with van der Waals surface area (Å²) < 4.78 is 14.3. The standard InChI is InChI=1S/C15H10Cl3FN2O2/c1-2-12-13(18)14(21-6-20-12)8-3-7(4-10(17)15(22)23)9(16)5-11(8)19/h3-6H,2H2,1H3,(H,22,23)/b10-4+. The Morgan fingerprint density at radius 3 is 2.65 bits per heavy atom. The predicted octanol–water partition coefficient (Wildman–Crippen LogP) is 4.82. The number of halogens is 4. The fourth-order valence-corrected chi connectivity index (χ4v) is 2.55. The molecule has 0 radical (unpaired) electrons. The van der Waals surface area contributed by atoms with Crippen LogP contribution in [0.4, 0.5) is 4.39 Å². The molecule has 8 heteroatoms. The third-order valence-electron chi connectivity index (χ3n) is 3.02. The fourth-order valence-electron chi connectivity index (χ4n) is 1.90. The maximum Gasteiger partial charge on any atom is 0.347 e. The summed E-state index contributed by atoms with van der Waals surface area (Å²) in [5.74, 6) is -1.96. The summed E-state index contributed by atoms with van der Waals surface area (Å²) in [5, 5.41) is 8.63. The second-order valence-electron chi connectivity index (χ2n) is 4.49. The van der Waals surface area contributed by atoms with E-state index in [1.165, 1.54) is 12.4 Å². The van der Waals surface area contributed by atoms with Gasteiger partial charge in [-0.2, -0.15) is 0 Å². The average Bonchev–Trinajstić information content (AvgIpc) is 2.50. The van der Waals surface area contributed by atoms with Crippen LogP contribution in [0, 0.1) is 5.82 Å². The van der Waals surface area contributed by atoms with Crippen LogP contribution in [0.3, 0.4) is 0 Å². The number of carbonyl (C=O) groups is 1. The van der Waals surface area contributed by atoms with E-state index in [0.29, 0.717) is 12.1 Å². The van der Waals surface area contributed by atoms with E-state index in [-0.39, 0.29) is 26.9 Å². The molecule has 0 fully saturated rings. The molecule has 0 unspecified atom stereocenters. The molecule has 2 aromatic rings. The second kappa shape index (κ2) is 7.25. The van der Waals surface area contributed by atoms with E-state index in [4.69, 9.17) is 39.9 Å². The Morgan fingerprint density at radius 2 is 2.04 bits per heavy atom. The molecule has 0 aliphatic carbocycles. The van der Waals surface area contributed by atoms with Gasteiger partial charge in [0.15, 0.2) is 0 Å². The number of benzene rings is 1. The highest BCUT2D eigenvalue weighted by molar-refractivity contribution is 6.43. The summed E-state index contributed by atoms with van der Waals surface area (Å²) in [6.45, 7) is 1.86. The number of rotatable bonds is 4. The number of aryl methyl sites for hydroxylation is 1. The van der Waals surface area contributed by atoms with E-state index in [9.17, 15) is 9.18 Å². The molecular formula is C15H10Cl3FN2O2. The van der Waals surface area contributed by atoms with Gasteiger partial charge in [-0.15, -0.1) is 0 Å². The van der Waals surface area contributed by atoms with E-state index < -0.39 is 16.8 Å². The number of aliphatic carboxylic acids is 1. The van der Waals surface area contributed by atoms with Crippen molar-refractivity contribution < 1.29 is 14.3 Å². The molecule has 4 nitrogen and oxygen atoms in total. The molecule has 0 aliphatic heterocycles. The van der Waals surface area contributed by atoms with Gasteiger partial charge in [0.25, 0.3) is 0 Å². The smallest absolute Gasteiger partial charge is 0.347 e. The van der Waals surface area contributed by atoms with Crippen molar-refractivity contribution in [1.82, 2.24) is 9.97 Å². The molecule has 0 saturated heterocycles. The number of nitrogens with zero attached hydrogens (tertiary/aromatic N) is 2. The van der Waals surface area contributed by atoms with E-state index in [0.717, 1.165) is 12.1 Å². The van der Waals surface area contributed by atoms with Gasteiger partial charge in [-0.1, -0.05) is 41.7 Å². The Labute approximate surface area is 146 Å². The molecule has 2 rings (SSSR count). The summed E-state index contributed by atoms with van der Waals surface area (Å²) in [6.07, 6.45) is 2.97. The number of hydrogen-bond acceptors (Lipinski definition) is 3. The summed E-state index contributed by atoms with van der Waals surface area (Å²) in [7, 11) is 0. The number of carboxylic acid groups (broad SMARTS) is 1. The molecule has 1 aromatic heterocycles. The molecule has 0 atom stereocenters. The van der Waals surface area contributed by atoms with Crippen molar-refractivity contribution in [2.75, 3.05) is 0 Å². The molecule has 0 aliphatic rings. The van der Waals surface area contributed by atoms with Crippen molar-refractivity contribution in [2.45, 2.75) is 13.3 Å². The van der Waals surface area contributed by atoms with Gasteiger partial charge in [-0.3, -0.25) is 0 Å². The van der Waals surface area contributed by atoms with Crippen LogP contribution >= 0.6 is 34.8 Å². The van der Waals surface area contributed by atoms with Crippen LogP contribution in [0.1, 0.15) is 18.2 Å². The number of carboxylic acids is 1. The minimum atomic E-state index is -1.32. The molecular weight excluding hydrogens is 366 g/mol. The van der Waals surface area contributed by atoms with Gasteiger partial charge in [0.05, 0.1) is 21.4 Å². The molecule has 0 amide bonds. The zero-order valence-corrected chi connectivity index (χ0v) is 14.0. The second-order valence-corrected chi connectivity index (χ2v) is 5.68. The summed E-state index contributed by atoms with van der Waals surface area (Å²) in [6, 6.07) is 2.40. The summed E-state index contributed by atoms with van der Waals surface area (Å²) >= 11 is 17.7. The number of hydrogen-bond donors (Lipinski definition) is 1. The molecule has 0 saturated carbocycles. The van der Waals surface area contributed by atoms with Crippen LogP contribution in [0.15, 0.2) is 23.5 Å². The van der Waals surface area contributed by atoms with E-state index >= 15 is 0 Å². The molecule has 120 valence electrons. The first-order valence-corrected chi connectivity index (χ1v) is 7.57. The van der Waals surface area contributed by atoms with Crippen LogP contribution in [-0.4, -0.2) is 21.0 Å². The van der Waals surface area contributed by atoms with Crippen LogP contribution in [0.2, 0.25) is 10.0 Å². The van der Waals surface area contributed by atoms with Crippen molar-refractivity contribution in [3.63, 3.8) is 0 Å². The molecule has 1 N–H and O–H groups in total. The van der Waals surface area contributed by atoms with Gasteiger partial charge < -0.3 is 5.11 Å². The molecule has 1 aromatic carbocycles. The highest BCUT2D eigenvalue weighted by Gasteiger charge is 2.16. The van der Waals surface area contributed by atoms with Crippen LogP contribution in [-0.2, 0) is 11.2 Å². The zero-order valence-electron chi connectivity index (χ0n) is 11.8. The third-order valence-corrected chi connectivity index (χ3v) is 4.02. The van der Waals surface area contributed by atoms with Gasteiger partial charge in [-0.05, 0) is 30.2 Å². The van der Waals surface area contributed by atoms with Crippen molar-refractivity contribution in [3.8, 4) is 11.3 Å². The average molecular weight is 376 g/mol. The normalized spacial score (nSPS) is 11.6. The van der Waals surface area contributed by atoms with E-state index in [1.54, 1.807) is 0 Å². The SMILES string of the molecule is CCc1ncnc(-c2cc(/C=C(/Cl)C(=O)O)c(Cl)cc2F)c1Cl. The Bertz CT molecular complexity index is 810. The van der Waals surface area contributed by atoms with Gasteiger partial charge in [-0.25, -0.2) is 19.2 Å². The first-order chi connectivity index (χ1) is 10.8. The van der Waals surface area contributed by atoms with Gasteiger partial charge >= 0.3 is 5.97 Å². The first kappa shape index (κ1) is 17.7. The quantitative estimate of drug-likeness (QED) is 0.778. The monoisotopic (exact) mass is 374 g/mol. The van der Waals surface area contributed by atoms with Crippen molar-refractivity contribution in [2.24, 2.45) is 0 Å². The van der Waals surface area contributed by atoms with Crippen LogP contribution in [0.25, 0.3) is 17.3 Å². The van der Waals surface area contributed by atoms with E-state index in [2.05, 4.69) is 9.97 Å². The lowest BCUT2D eigenvalue weighted by atomic mass is 10.1. The highest BCUT2D eigenvalue weighted by atomic mass is 35.5. The maximum atomic E-state index is 14.3. The highest BCUT2D eigenvalue weighted by Crippen LogP contribution is 2.33. The van der Waals surface area contributed by atoms with Gasteiger partial charge in [0, 0.05) is 5.56 Å². The van der Waals surface area contributed by atoms with Crippen molar-refractivity contribution in [1.29, 1.82) is 0 Å². The molecule has 0 bridgehead atoms. The Morgan fingerprint density at radius 1 is 1.35 bits per heavy atom. The number of aromatic nitrogens is 2. The minimum Gasteiger partial charge on any atom is -0.477 e. The maximum absolute atomic E-state index is 14.3. The van der Waals surface area contributed by atoms with Crippen LogP contribution in [0.5, 0.6) is 0 Å². The minimum absolute atomic E-state index is 0.0199. The Balaban J connectivity index is 2.65. The Kier molecular flexibility index (Phi) is 5.57. The third kappa shape index (κ3) is 3.80. The zero-order chi connectivity index (χ0) is 17.1. The molecule has 23 heavy (non-hydrogen) atoms. The topological polar surface area (TPSA) is 63.1 Å². The van der Waals surface area contributed by atoms with E-state index in [1.807, 2.05) is 6.92 Å². The predicted molar refractivity (Wildman–Crippen MR) is 88.3 cm³/mol. The van der Waals surface area contributed by atoms with Gasteiger partial charge in [0.2, 0.25) is 0 Å². The lowest BCUT2D eigenvalue weighted by Gasteiger charge is -2.10. The van der Waals surface area contributed by atoms with Crippen molar-refractivity contribution in [3.05, 3.63) is 50.6 Å². The lowest BCUT2D eigenvalue weighted by molar-refractivity contribution is -0.131. The van der Waals surface area contributed by atoms with Crippen LogP contribution < -0.4 is 0 Å². The fraction of sp³-hybridized carbons (Fsp3) is 0.133. The first-order valence-electron chi connectivity index (χ1n) is 6.44.